The molecule has 0 unspecified atom stereocenters. The second-order valence-corrected chi connectivity index (χ2v) is 9.17. The van der Waals surface area contributed by atoms with Crippen LogP contribution in [0.2, 0.25) is 0 Å². The van der Waals surface area contributed by atoms with Gasteiger partial charge in [-0.05, 0) is 30.5 Å². The Labute approximate surface area is 197 Å². The Bertz CT molecular complexity index is 1270. The summed E-state index contributed by atoms with van der Waals surface area (Å²) < 4.78 is 1.90. The van der Waals surface area contributed by atoms with E-state index < -0.39 is 5.25 Å². The van der Waals surface area contributed by atoms with Gasteiger partial charge in [0, 0.05) is 11.3 Å². The van der Waals surface area contributed by atoms with Crippen molar-refractivity contribution in [3.05, 3.63) is 95.6 Å². The van der Waals surface area contributed by atoms with E-state index in [4.69, 9.17) is 0 Å². The third-order valence-electron chi connectivity index (χ3n) is 5.82. The molecule has 0 aliphatic carbocycles. The smallest absolute Gasteiger partial charge is 0.240 e. The number of nitrogens with zero attached hydrogens (tertiary/aromatic N) is 3. The van der Waals surface area contributed by atoms with Crippen molar-refractivity contribution in [2.45, 2.75) is 36.7 Å². The molecular formula is C26H25N5OS. The Morgan fingerprint density at radius 3 is 2.48 bits per heavy atom. The minimum Gasteiger partial charge on any atom is -0.325 e. The highest BCUT2D eigenvalue weighted by atomic mass is 32.2. The van der Waals surface area contributed by atoms with Gasteiger partial charge in [-0.25, -0.2) is 4.68 Å². The first-order valence-corrected chi connectivity index (χ1v) is 11.9. The van der Waals surface area contributed by atoms with Crippen LogP contribution in [-0.2, 0) is 11.2 Å². The molecule has 0 saturated heterocycles. The number of aryl methyl sites for hydroxylation is 2. The van der Waals surface area contributed by atoms with Crippen LogP contribution in [-0.4, -0.2) is 26.0 Å². The maximum Gasteiger partial charge on any atom is 0.240 e. The molecule has 1 aliphatic heterocycles. The summed E-state index contributed by atoms with van der Waals surface area (Å²) in [6, 6.07) is 25.9. The number of amides is 1. The summed E-state index contributed by atoms with van der Waals surface area (Å²) in [6.45, 7) is 4.15. The molecular weight excluding hydrogens is 430 g/mol. The summed E-state index contributed by atoms with van der Waals surface area (Å²) >= 11 is 1.44. The number of hydrogen-bond acceptors (Lipinski definition) is 5. The van der Waals surface area contributed by atoms with Crippen LogP contribution in [0, 0.1) is 6.92 Å². The van der Waals surface area contributed by atoms with Crippen LogP contribution in [0.5, 0.6) is 0 Å². The fraction of sp³-hybridized carbons (Fsp3) is 0.192. The number of rotatable bonds is 5. The van der Waals surface area contributed by atoms with E-state index in [-0.39, 0.29) is 11.9 Å². The minimum absolute atomic E-state index is 0.0607. The van der Waals surface area contributed by atoms with Crippen LogP contribution in [0.4, 0.5) is 5.69 Å². The van der Waals surface area contributed by atoms with Crippen LogP contribution in [0.15, 0.2) is 84.0 Å². The molecule has 4 aromatic rings. The van der Waals surface area contributed by atoms with E-state index in [1.54, 1.807) is 0 Å². The lowest BCUT2D eigenvalue weighted by Gasteiger charge is -2.33. The van der Waals surface area contributed by atoms with Crippen molar-refractivity contribution in [2.24, 2.45) is 0 Å². The lowest BCUT2D eigenvalue weighted by atomic mass is 10.0. The Balaban J connectivity index is 1.52. The Hall–Kier alpha value is -3.58. The van der Waals surface area contributed by atoms with Gasteiger partial charge in [0.15, 0.2) is 5.82 Å². The van der Waals surface area contributed by atoms with E-state index in [0.29, 0.717) is 5.16 Å². The number of para-hydroxylation sites is 1. The monoisotopic (exact) mass is 455 g/mol. The number of carbonyl (C=O) groups excluding carboxylic acids is 1. The Kier molecular flexibility index (Phi) is 5.88. The van der Waals surface area contributed by atoms with Crippen molar-refractivity contribution in [3.8, 4) is 11.4 Å². The van der Waals surface area contributed by atoms with Gasteiger partial charge < -0.3 is 10.7 Å². The maximum absolute atomic E-state index is 13.5. The molecule has 1 aromatic heterocycles. The summed E-state index contributed by atoms with van der Waals surface area (Å²) in [5.74, 6) is 0.667. The molecule has 0 spiro atoms. The third kappa shape index (κ3) is 4.24. The normalized spacial score (nSPS) is 17.2. The van der Waals surface area contributed by atoms with Crippen LogP contribution in [0.3, 0.4) is 0 Å². The maximum atomic E-state index is 13.5. The number of fused-ring (bicyclic) bond motifs is 1. The number of benzene rings is 3. The number of hydrogen-bond donors (Lipinski definition) is 2. The highest BCUT2D eigenvalue weighted by Crippen LogP contribution is 2.39. The van der Waals surface area contributed by atoms with Crippen LogP contribution < -0.4 is 10.7 Å². The molecule has 2 heterocycles. The van der Waals surface area contributed by atoms with Gasteiger partial charge in [0.2, 0.25) is 11.1 Å². The lowest BCUT2D eigenvalue weighted by Crippen LogP contribution is -2.41. The molecule has 0 bridgehead atoms. The highest BCUT2D eigenvalue weighted by Gasteiger charge is 2.38. The van der Waals surface area contributed by atoms with Crippen LogP contribution in [0.1, 0.15) is 29.7 Å². The Morgan fingerprint density at radius 1 is 1.00 bits per heavy atom. The molecule has 0 radical (unpaired) electrons. The molecule has 0 fully saturated rings. The van der Waals surface area contributed by atoms with Crippen LogP contribution in [0.25, 0.3) is 11.4 Å². The molecule has 0 saturated carbocycles. The van der Waals surface area contributed by atoms with E-state index in [0.717, 1.165) is 34.6 Å². The van der Waals surface area contributed by atoms with Gasteiger partial charge in [-0.3, -0.25) is 4.79 Å². The fourth-order valence-corrected chi connectivity index (χ4v) is 5.09. The molecule has 1 aliphatic rings. The van der Waals surface area contributed by atoms with Crippen molar-refractivity contribution in [3.63, 3.8) is 0 Å². The van der Waals surface area contributed by atoms with Gasteiger partial charge in [0.05, 0.1) is 6.04 Å². The van der Waals surface area contributed by atoms with Gasteiger partial charge in [-0.1, -0.05) is 97.0 Å². The molecule has 3 aromatic carbocycles. The summed E-state index contributed by atoms with van der Waals surface area (Å²) in [4.78, 5) is 13.5. The van der Waals surface area contributed by atoms with E-state index in [1.165, 1.54) is 17.3 Å². The zero-order valence-electron chi connectivity index (χ0n) is 18.5. The Morgan fingerprint density at radius 2 is 1.73 bits per heavy atom. The SMILES string of the molecule is CCc1ccccc1NC(=O)[C@H]1Sc2nnc(-c3ccccc3)n2N[C@H]1c1ccc(C)cc1. The highest BCUT2D eigenvalue weighted by molar-refractivity contribution is 8.00. The minimum atomic E-state index is -0.419. The first-order chi connectivity index (χ1) is 16.1. The van der Waals surface area contributed by atoms with Gasteiger partial charge >= 0.3 is 0 Å². The fourth-order valence-electron chi connectivity index (χ4n) is 4.01. The van der Waals surface area contributed by atoms with E-state index in [9.17, 15) is 4.79 Å². The molecule has 2 N–H and O–H groups in total. The van der Waals surface area contributed by atoms with E-state index in [1.807, 2.05) is 59.3 Å². The number of carbonyl (C=O) groups is 1. The summed E-state index contributed by atoms with van der Waals surface area (Å²) in [6.07, 6.45) is 0.850. The molecule has 7 heteroatoms. The summed E-state index contributed by atoms with van der Waals surface area (Å²) in [7, 11) is 0. The second kappa shape index (κ2) is 9.11. The number of anilines is 1. The number of thioether (sulfide) groups is 1. The van der Waals surface area contributed by atoms with Crippen LogP contribution >= 0.6 is 11.8 Å². The van der Waals surface area contributed by atoms with Gasteiger partial charge in [-0.2, -0.15) is 0 Å². The van der Waals surface area contributed by atoms with Crippen molar-refractivity contribution in [1.29, 1.82) is 0 Å². The van der Waals surface area contributed by atoms with Gasteiger partial charge in [-0.15, -0.1) is 10.2 Å². The summed E-state index contributed by atoms with van der Waals surface area (Å²) in [5.41, 5.74) is 8.68. The zero-order valence-corrected chi connectivity index (χ0v) is 19.3. The largest absolute Gasteiger partial charge is 0.325 e. The third-order valence-corrected chi connectivity index (χ3v) is 7.03. The predicted molar refractivity (Wildman–Crippen MR) is 133 cm³/mol. The lowest BCUT2D eigenvalue weighted by molar-refractivity contribution is -0.116. The molecule has 1 amide bonds. The summed E-state index contributed by atoms with van der Waals surface area (Å²) in [5, 5.41) is 12.2. The molecule has 5 rings (SSSR count). The van der Waals surface area contributed by atoms with Crippen molar-refractivity contribution < 1.29 is 4.79 Å². The molecule has 2 atom stereocenters. The quantitative estimate of drug-likeness (QED) is 0.432. The number of nitrogens with one attached hydrogen (secondary N) is 2. The first kappa shape index (κ1) is 21.3. The molecule has 6 nitrogen and oxygen atoms in total. The molecule has 33 heavy (non-hydrogen) atoms. The van der Waals surface area contributed by atoms with E-state index >= 15 is 0 Å². The average molecular weight is 456 g/mol. The molecule has 166 valence electrons. The standard InChI is InChI=1S/C26H25N5OS/c1-3-18-9-7-8-12-21(18)27-25(32)23-22(19-15-13-17(2)14-16-19)30-31-24(28-29-26(31)33-23)20-10-5-4-6-11-20/h4-16,22-23,30H,3H2,1-2H3,(H,27,32)/t22-,23-/m0/s1. The average Bonchev–Trinajstić information content (AvgIpc) is 3.27. The first-order valence-electron chi connectivity index (χ1n) is 11.0. The van der Waals surface area contributed by atoms with Gasteiger partial charge in [0.1, 0.15) is 5.25 Å². The number of aromatic nitrogens is 3. The zero-order chi connectivity index (χ0) is 22.8. The topological polar surface area (TPSA) is 71.8 Å². The second-order valence-electron chi connectivity index (χ2n) is 8.06. The van der Waals surface area contributed by atoms with Crippen molar-refractivity contribution in [1.82, 2.24) is 14.9 Å². The van der Waals surface area contributed by atoms with E-state index in [2.05, 4.69) is 59.1 Å². The van der Waals surface area contributed by atoms with Crippen molar-refractivity contribution >= 4 is 23.4 Å². The van der Waals surface area contributed by atoms with Gasteiger partial charge in [0.25, 0.3) is 0 Å². The predicted octanol–water partition coefficient (Wildman–Crippen LogP) is 5.21. The van der Waals surface area contributed by atoms with Crippen molar-refractivity contribution in [2.75, 3.05) is 10.7 Å².